The molecule has 1 heteroatoms. The lowest BCUT2D eigenvalue weighted by Crippen LogP contribution is -2.09. The molecule has 0 aromatic rings. The van der Waals surface area contributed by atoms with Crippen molar-refractivity contribution in [1.29, 1.82) is 0 Å². The van der Waals surface area contributed by atoms with E-state index in [1.54, 1.807) is 0 Å². The van der Waals surface area contributed by atoms with Crippen molar-refractivity contribution in [3.05, 3.63) is 11.8 Å². The van der Waals surface area contributed by atoms with Gasteiger partial charge in [-0.15, -0.1) is 0 Å². The molecule has 0 aromatic heterocycles. The van der Waals surface area contributed by atoms with Gasteiger partial charge in [-0.2, -0.15) is 0 Å². The summed E-state index contributed by atoms with van der Waals surface area (Å²) >= 11 is 0. The van der Waals surface area contributed by atoms with Crippen LogP contribution in [0.3, 0.4) is 0 Å². The lowest BCUT2D eigenvalue weighted by molar-refractivity contribution is 0.478. The van der Waals surface area contributed by atoms with Gasteiger partial charge in [0.2, 0.25) is 0 Å². The minimum Gasteiger partial charge on any atom is -0.381 e. The molecule has 9 heavy (non-hydrogen) atoms. The average Bonchev–Trinajstić information content (AvgIpc) is 1.87. The molecule has 0 heterocycles. The minimum atomic E-state index is 1.09. The number of allylic oxidation sites excluding steroid dienone is 1. The van der Waals surface area contributed by atoms with Gasteiger partial charge >= 0.3 is 0 Å². The summed E-state index contributed by atoms with van der Waals surface area (Å²) in [6.07, 6.45) is 3.35. The van der Waals surface area contributed by atoms with Gasteiger partial charge < -0.3 is 4.90 Å². The summed E-state index contributed by atoms with van der Waals surface area (Å²) in [6, 6.07) is 0. The Morgan fingerprint density at radius 3 is 2.33 bits per heavy atom. The molecule has 0 aromatic carbocycles. The Hall–Kier alpha value is -0.460. The van der Waals surface area contributed by atoms with Crippen LogP contribution in [0.4, 0.5) is 0 Å². The van der Waals surface area contributed by atoms with Crippen molar-refractivity contribution >= 4 is 0 Å². The Balaban J connectivity index is 3.64. The Morgan fingerprint density at radius 2 is 2.00 bits per heavy atom. The van der Waals surface area contributed by atoms with E-state index in [2.05, 4.69) is 38.9 Å². The molecular formula is C8H17N. The number of nitrogens with zero attached hydrogens (tertiary/aromatic N) is 1. The van der Waals surface area contributed by atoms with Gasteiger partial charge in [0.05, 0.1) is 0 Å². The Kier molecular flexibility index (Phi) is 4.20. The van der Waals surface area contributed by atoms with Crippen LogP contribution in [-0.4, -0.2) is 18.5 Å². The van der Waals surface area contributed by atoms with Crippen molar-refractivity contribution in [3.8, 4) is 0 Å². The van der Waals surface area contributed by atoms with E-state index in [9.17, 15) is 0 Å². The molecule has 1 nitrogen and oxygen atoms in total. The Labute approximate surface area is 58.4 Å². The van der Waals surface area contributed by atoms with E-state index in [-0.39, 0.29) is 0 Å². The van der Waals surface area contributed by atoms with Crippen LogP contribution in [0.2, 0.25) is 0 Å². The molecule has 0 radical (unpaired) electrons. The van der Waals surface area contributed by atoms with Crippen LogP contribution >= 0.6 is 0 Å². The summed E-state index contributed by atoms with van der Waals surface area (Å²) in [5, 5.41) is 0. The maximum absolute atomic E-state index is 2.19. The molecule has 0 spiro atoms. The molecule has 0 fully saturated rings. The zero-order chi connectivity index (χ0) is 7.28. The predicted molar refractivity (Wildman–Crippen MR) is 42.4 cm³/mol. The van der Waals surface area contributed by atoms with Crippen molar-refractivity contribution < 1.29 is 0 Å². The Morgan fingerprint density at radius 1 is 1.44 bits per heavy atom. The zero-order valence-electron chi connectivity index (χ0n) is 6.94. The highest BCUT2D eigenvalue weighted by atomic mass is 15.1. The van der Waals surface area contributed by atoms with E-state index in [1.165, 1.54) is 5.57 Å². The monoisotopic (exact) mass is 127 g/mol. The van der Waals surface area contributed by atoms with Crippen molar-refractivity contribution in [2.75, 3.05) is 13.6 Å². The third-order valence-electron chi connectivity index (χ3n) is 1.50. The molecule has 0 unspecified atom stereocenters. The topological polar surface area (TPSA) is 3.24 Å². The van der Waals surface area contributed by atoms with Gasteiger partial charge in [-0.05, 0) is 26.5 Å². The first-order chi connectivity index (χ1) is 4.20. The van der Waals surface area contributed by atoms with Crippen molar-refractivity contribution in [3.63, 3.8) is 0 Å². The molecule has 0 bridgehead atoms. The fraction of sp³-hybridized carbons (Fsp3) is 0.750. The van der Waals surface area contributed by atoms with Crippen LogP contribution in [0.15, 0.2) is 11.8 Å². The largest absolute Gasteiger partial charge is 0.381 e. The molecule has 0 amide bonds. The first-order valence-corrected chi connectivity index (χ1v) is 3.58. The quantitative estimate of drug-likeness (QED) is 0.562. The van der Waals surface area contributed by atoms with Crippen molar-refractivity contribution in [1.82, 2.24) is 4.90 Å². The van der Waals surface area contributed by atoms with Crippen LogP contribution in [0.25, 0.3) is 0 Å². The van der Waals surface area contributed by atoms with Crippen molar-refractivity contribution in [2.24, 2.45) is 0 Å². The normalized spacial score (nSPS) is 11.8. The first kappa shape index (κ1) is 8.54. The highest BCUT2D eigenvalue weighted by Crippen LogP contribution is 1.98. The van der Waals surface area contributed by atoms with Gasteiger partial charge in [-0.1, -0.05) is 12.5 Å². The molecule has 0 aliphatic heterocycles. The third kappa shape index (κ3) is 4.07. The number of rotatable bonds is 3. The second kappa shape index (κ2) is 4.42. The van der Waals surface area contributed by atoms with Crippen LogP contribution in [0, 0.1) is 0 Å². The fourth-order valence-corrected chi connectivity index (χ4v) is 0.559. The van der Waals surface area contributed by atoms with E-state index >= 15 is 0 Å². The van der Waals surface area contributed by atoms with Gasteiger partial charge in [-0.25, -0.2) is 0 Å². The van der Waals surface area contributed by atoms with Crippen LogP contribution in [-0.2, 0) is 0 Å². The molecule has 0 saturated carbocycles. The molecule has 0 N–H and O–H groups in total. The van der Waals surface area contributed by atoms with Gasteiger partial charge in [0.1, 0.15) is 0 Å². The van der Waals surface area contributed by atoms with E-state index in [4.69, 9.17) is 0 Å². The molecule has 0 atom stereocenters. The van der Waals surface area contributed by atoms with E-state index in [0.29, 0.717) is 0 Å². The maximum atomic E-state index is 2.19. The highest BCUT2D eigenvalue weighted by molar-refractivity contribution is 4.95. The summed E-state index contributed by atoms with van der Waals surface area (Å²) in [5.41, 5.74) is 1.44. The number of hydrogen-bond donors (Lipinski definition) is 0. The van der Waals surface area contributed by atoms with Gasteiger partial charge in [-0.3, -0.25) is 0 Å². The molecule has 0 rings (SSSR count). The molecule has 0 saturated heterocycles. The van der Waals surface area contributed by atoms with Crippen LogP contribution in [0.1, 0.15) is 27.2 Å². The summed E-state index contributed by atoms with van der Waals surface area (Å²) in [6.45, 7) is 7.58. The maximum Gasteiger partial charge on any atom is 0.0140 e. The van der Waals surface area contributed by atoms with Crippen LogP contribution in [0.5, 0.6) is 0 Å². The van der Waals surface area contributed by atoms with Gasteiger partial charge in [0, 0.05) is 13.6 Å². The Bertz CT molecular complexity index is 94.7. The third-order valence-corrected chi connectivity index (χ3v) is 1.50. The number of hydrogen-bond acceptors (Lipinski definition) is 1. The molecule has 0 aliphatic carbocycles. The highest BCUT2D eigenvalue weighted by Gasteiger charge is 1.86. The van der Waals surface area contributed by atoms with E-state index < -0.39 is 0 Å². The summed E-state index contributed by atoms with van der Waals surface area (Å²) < 4.78 is 0. The summed E-state index contributed by atoms with van der Waals surface area (Å²) in [7, 11) is 2.10. The molecule has 0 aliphatic rings. The molecule has 54 valence electrons. The SMILES string of the molecule is CC/C(C)=C\N(C)CC. The fourth-order valence-electron chi connectivity index (χ4n) is 0.559. The minimum absolute atomic E-state index is 1.09. The van der Waals surface area contributed by atoms with Gasteiger partial charge in [0.25, 0.3) is 0 Å². The van der Waals surface area contributed by atoms with Gasteiger partial charge in [0.15, 0.2) is 0 Å². The van der Waals surface area contributed by atoms with E-state index in [0.717, 1.165) is 13.0 Å². The summed E-state index contributed by atoms with van der Waals surface area (Å²) in [4.78, 5) is 2.19. The molecular weight excluding hydrogens is 110 g/mol. The predicted octanol–water partition coefficient (Wildman–Crippen LogP) is 2.25. The lowest BCUT2D eigenvalue weighted by atomic mass is 10.2. The average molecular weight is 127 g/mol. The second-order valence-electron chi connectivity index (χ2n) is 2.40. The standard InChI is InChI=1S/C8H17N/c1-5-8(3)7-9(4)6-2/h7H,5-6H2,1-4H3/b8-7-. The van der Waals surface area contributed by atoms with Crippen molar-refractivity contribution in [2.45, 2.75) is 27.2 Å². The van der Waals surface area contributed by atoms with Crippen LogP contribution < -0.4 is 0 Å². The summed E-state index contributed by atoms with van der Waals surface area (Å²) in [5.74, 6) is 0. The van der Waals surface area contributed by atoms with E-state index in [1.807, 2.05) is 0 Å². The lowest BCUT2D eigenvalue weighted by Gasteiger charge is -2.10. The zero-order valence-corrected chi connectivity index (χ0v) is 6.94. The first-order valence-electron chi connectivity index (χ1n) is 3.58. The smallest absolute Gasteiger partial charge is 0.0140 e. The second-order valence-corrected chi connectivity index (χ2v) is 2.40.